The maximum Gasteiger partial charge on any atom is 0.416 e. The van der Waals surface area contributed by atoms with Crippen LogP contribution in [0.5, 0.6) is 0 Å². The number of halogens is 3. The third-order valence-corrected chi connectivity index (χ3v) is 2.83. The largest absolute Gasteiger partial charge is 0.416 e. The van der Waals surface area contributed by atoms with Crippen molar-refractivity contribution in [3.05, 3.63) is 53.6 Å². The van der Waals surface area contributed by atoms with Gasteiger partial charge in [0.1, 0.15) is 0 Å². The molecule has 0 aliphatic carbocycles. The Hall–Kier alpha value is -1.82. The van der Waals surface area contributed by atoms with E-state index in [1.807, 2.05) is 11.6 Å². The molecule has 0 aliphatic rings. The molecule has 0 saturated carbocycles. The van der Waals surface area contributed by atoms with Gasteiger partial charge in [-0.15, -0.1) is 0 Å². The van der Waals surface area contributed by atoms with Crippen molar-refractivity contribution in [2.75, 3.05) is 0 Å². The van der Waals surface area contributed by atoms with Crippen LogP contribution < -0.4 is 5.32 Å². The fourth-order valence-electron chi connectivity index (χ4n) is 1.70. The van der Waals surface area contributed by atoms with Crippen LogP contribution >= 0.6 is 0 Å². The summed E-state index contributed by atoms with van der Waals surface area (Å²) < 4.78 is 39.0. The van der Waals surface area contributed by atoms with Gasteiger partial charge in [-0.05, 0) is 17.7 Å². The zero-order valence-corrected chi connectivity index (χ0v) is 10.4. The number of alkyl halides is 3. The van der Waals surface area contributed by atoms with E-state index in [0.717, 1.165) is 23.4 Å². The first kappa shape index (κ1) is 13.6. The Morgan fingerprint density at radius 2 is 1.84 bits per heavy atom. The number of aromatic nitrogens is 2. The lowest BCUT2D eigenvalue weighted by Gasteiger charge is -2.08. The molecule has 0 fully saturated rings. The Bertz CT molecular complexity index is 529. The monoisotopic (exact) mass is 269 g/mol. The Morgan fingerprint density at radius 1 is 1.16 bits per heavy atom. The molecule has 0 amide bonds. The highest BCUT2D eigenvalue weighted by Crippen LogP contribution is 2.28. The lowest BCUT2D eigenvalue weighted by molar-refractivity contribution is -0.137. The zero-order chi connectivity index (χ0) is 13.9. The predicted octanol–water partition coefficient (Wildman–Crippen LogP) is 2.73. The lowest BCUT2D eigenvalue weighted by atomic mass is 10.1. The summed E-state index contributed by atoms with van der Waals surface area (Å²) in [5.41, 5.74) is 1.21. The molecule has 1 N–H and O–H groups in total. The minimum atomic E-state index is -4.28. The molecule has 102 valence electrons. The van der Waals surface area contributed by atoms with Crippen molar-refractivity contribution < 1.29 is 13.2 Å². The van der Waals surface area contributed by atoms with E-state index in [1.54, 1.807) is 12.5 Å². The van der Waals surface area contributed by atoms with Crippen molar-refractivity contribution >= 4 is 0 Å². The average Bonchev–Trinajstić information content (AvgIpc) is 2.75. The molecule has 0 aliphatic heterocycles. The van der Waals surface area contributed by atoms with Gasteiger partial charge in [0, 0.05) is 26.3 Å². The van der Waals surface area contributed by atoms with Gasteiger partial charge in [-0.1, -0.05) is 12.1 Å². The first-order valence-electron chi connectivity index (χ1n) is 5.79. The second-order valence-corrected chi connectivity index (χ2v) is 4.29. The Kier molecular flexibility index (Phi) is 3.90. The fraction of sp³-hybridized carbons (Fsp3) is 0.308. The van der Waals surface area contributed by atoms with Gasteiger partial charge in [0.15, 0.2) is 0 Å². The minimum Gasteiger partial charge on any atom is -0.337 e. The molecular formula is C13H14F3N3. The molecule has 0 unspecified atom stereocenters. The summed E-state index contributed by atoms with van der Waals surface area (Å²) >= 11 is 0. The van der Waals surface area contributed by atoms with Crippen LogP contribution in [-0.4, -0.2) is 9.55 Å². The number of hydrogen-bond donors (Lipinski definition) is 1. The maximum atomic E-state index is 12.4. The van der Waals surface area contributed by atoms with Crippen LogP contribution in [0.1, 0.15) is 16.8 Å². The van der Waals surface area contributed by atoms with Gasteiger partial charge in [-0.2, -0.15) is 13.2 Å². The quantitative estimate of drug-likeness (QED) is 0.925. The molecule has 2 aromatic rings. The van der Waals surface area contributed by atoms with E-state index in [-0.39, 0.29) is 0 Å². The highest BCUT2D eigenvalue weighted by atomic mass is 19.4. The molecule has 3 nitrogen and oxygen atoms in total. The van der Waals surface area contributed by atoms with Crippen molar-refractivity contribution in [1.29, 1.82) is 0 Å². The van der Waals surface area contributed by atoms with Crippen LogP contribution in [0.3, 0.4) is 0 Å². The van der Waals surface area contributed by atoms with Gasteiger partial charge in [0.2, 0.25) is 0 Å². The molecule has 0 radical (unpaired) electrons. The summed E-state index contributed by atoms with van der Waals surface area (Å²) in [6, 6.07) is 5.17. The molecule has 19 heavy (non-hydrogen) atoms. The van der Waals surface area contributed by atoms with E-state index in [1.165, 1.54) is 12.1 Å². The van der Waals surface area contributed by atoms with Gasteiger partial charge in [0.25, 0.3) is 0 Å². The fourth-order valence-corrected chi connectivity index (χ4v) is 1.70. The summed E-state index contributed by atoms with van der Waals surface area (Å²) in [6.45, 7) is 1.14. The molecule has 0 saturated heterocycles. The van der Waals surface area contributed by atoms with Gasteiger partial charge in [0.05, 0.1) is 17.6 Å². The third-order valence-electron chi connectivity index (χ3n) is 2.83. The molecule has 1 heterocycles. The SMILES string of the molecule is Cn1cncc1CNCc1ccc(C(F)(F)F)cc1. The molecular weight excluding hydrogens is 255 g/mol. The molecule has 2 rings (SSSR count). The molecule has 1 aromatic carbocycles. The summed E-state index contributed by atoms with van der Waals surface area (Å²) in [4.78, 5) is 3.98. The number of nitrogens with zero attached hydrogens (tertiary/aromatic N) is 2. The van der Waals surface area contributed by atoms with Crippen LogP contribution in [0.4, 0.5) is 13.2 Å². The summed E-state index contributed by atoms with van der Waals surface area (Å²) in [5, 5.41) is 3.16. The van der Waals surface area contributed by atoms with Gasteiger partial charge < -0.3 is 9.88 Å². The molecule has 0 spiro atoms. The van der Waals surface area contributed by atoms with Crippen LogP contribution in [0, 0.1) is 0 Å². The highest BCUT2D eigenvalue weighted by Gasteiger charge is 2.29. The summed E-state index contributed by atoms with van der Waals surface area (Å²) in [6.07, 6.45) is -0.824. The lowest BCUT2D eigenvalue weighted by Crippen LogP contribution is -2.15. The van der Waals surface area contributed by atoms with Gasteiger partial charge in [-0.25, -0.2) is 4.98 Å². The third kappa shape index (κ3) is 3.57. The highest BCUT2D eigenvalue weighted by molar-refractivity contribution is 5.24. The van der Waals surface area contributed by atoms with E-state index >= 15 is 0 Å². The van der Waals surface area contributed by atoms with Crippen molar-refractivity contribution in [3.63, 3.8) is 0 Å². The first-order valence-corrected chi connectivity index (χ1v) is 5.79. The van der Waals surface area contributed by atoms with Crippen molar-refractivity contribution in [3.8, 4) is 0 Å². The van der Waals surface area contributed by atoms with Crippen LogP contribution in [0.15, 0.2) is 36.8 Å². The van der Waals surface area contributed by atoms with Crippen LogP contribution in [0.2, 0.25) is 0 Å². The number of aryl methyl sites for hydroxylation is 1. The minimum absolute atomic E-state index is 0.517. The number of benzene rings is 1. The van der Waals surface area contributed by atoms with Crippen LogP contribution in [0.25, 0.3) is 0 Å². The summed E-state index contributed by atoms with van der Waals surface area (Å²) in [7, 11) is 1.89. The van der Waals surface area contributed by atoms with Crippen molar-refractivity contribution in [1.82, 2.24) is 14.9 Å². The molecule has 1 aromatic heterocycles. The van der Waals surface area contributed by atoms with Crippen molar-refractivity contribution in [2.45, 2.75) is 19.3 Å². The number of imidazole rings is 1. The van der Waals surface area contributed by atoms with Crippen molar-refractivity contribution in [2.24, 2.45) is 7.05 Å². The zero-order valence-electron chi connectivity index (χ0n) is 10.4. The first-order chi connectivity index (χ1) is 8.97. The molecule has 6 heteroatoms. The van der Waals surface area contributed by atoms with E-state index in [4.69, 9.17) is 0 Å². The van der Waals surface area contributed by atoms with Gasteiger partial charge in [-0.3, -0.25) is 0 Å². The molecule has 0 atom stereocenters. The number of nitrogens with one attached hydrogen (secondary N) is 1. The topological polar surface area (TPSA) is 29.9 Å². The second-order valence-electron chi connectivity index (χ2n) is 4.29. The van der Waals surface area contributed by atoms with E-state index in [0.29, 0.717) is 13.1 Å². The Balaban J connectivity index is 1.89. The smallest absolute Gasteiger partial charge is 0.337 e. The van der Waals surface area contributed by atoms with Gasteiger partial charge >= 0.3 is 6.18 Å². The number of rotatable bonds is 4. The Morgan fingerprint density at radius 3 is 2.37 bits per heavy atom. The second kappa shape index (κ2) is 5.44. The van der Waals surface area contributed by atoms with Crippen LogP contribution in [-0.2, 0) is 26.3 Å². The number of hydrogen-bond acceptors (Lipinski definition) is 2. The summed E-state index contributed by atoms with van der Waals surface area (Å²) in [5.74, 6) is 0. The van der Waals surface area contributed by atoms with E-state index < -0.39 is 11.7 Å². The predicted molar refractivity (Wildman–Crippen MR) is 65.2 cm³/mol. The van der Waals surface area contributed by atoms with E-state index in [9.17, 15) is 13.2 Å². The molecule has 0 bridgehead atoms. The standard InChI is InChI=1S/C13H14F3N3/c1-19-9-18-8-12(19)7-17-6-10-2-4-11(5-3-10)13(14,15)16/h2-5,8-9,17H,6-7H2,1H3. The average molecular weight is 269 g/mol. The van der Waals surface area contributed by atoms with E-state index in [2.05, 4.69) is 10.3 Å². The Labute approximate surface area is 109 Å². The normalized spacial score (nSPS) is 11.8. The maximum absolute atomic E-state index is 12.4.